The number of rotatable bonds is 6. The minimum atomic E-state index is -0.824. The van der Waals surface area contributed by atoms with Gasteiger partial charge in [0.25, 0.3) is 0 Å². The molecule has 0 aliphatic carbocycles. The molecule has 1 N–H and O–H groups in total. The average molecular weight is 360 g/mol. The molecule has 7 heteroatoms. The molecule has 2 aromatic heterocycles. The van der Waals surface area contributed by atoms with Crippen LogP contribution in [-0.2, 0) is 4.79 Å². The number of hydrogen-bond donors (Lipinski definition) is 1. The smallest absolute Gasteiger partial charge is 0.317 e. The minimum absolute atomic E-state index is 0.522. The van der Waals surface area contributed by atoms with Crippen molar-refractivity contribution in [2.45, 2.75) is 23.6 Å². The number of thioether (sulfide) groups is 1. The maximum Gasteiger partial charge on any atom is 0.317 e. The number of hydrogen-bond acceptors (Lipinski definition) is 6. The Morgan fingerprint density at radius 1 is 1.33 bits per heavy atom. The van der Waals surface area contributed by atoms with Crippen molar-refractivity contribution in [3.63, 3.8) is 0 Å². The van der Waals surface area contributed by atoms with Gasteiger partial charge < -0.3 is 9.84 Å². The topological polar surface area (TPSA) is 72.3 Å². The Kier molecular flexibility index (Phi) is 5.01. The quantitative estimate of drug-likeness (QED) is 0.521. The molecule has 0 amide bonds. The van der Waals surface area contributed by atoms with E-state index < -0.39 is 11.2 Å². The summed E-state index contributed by atoms with van der Waals surface area (Å²) in [6, 6.07) is 7.77. The average Bonchev–Trinajstić information content (AvgIpc) is 3.04. The summed E-state index contributed by atoms with van der Waals surface area (Å²) >= 11 is 2.81. The van der Waals surface area contributed by atoms with E-state index >= 15 is 0 Å². The molecule has 3 aromatic rings. The number of aromatic nitrogens is 2. The van der Waals surface area contributed by atoms with E-state index in [-0.39, 0.29) is 0 Å². The van der Waals surface area contributed by atoms with E-state index in [1.807, 2.05) is 36.6 Å². The molecule has 0 bridgehead atoms. The van der Waals surface area contributed by atoms with E-state index in [0.717, 1.165) is 27.1 Å². The van der Waals surface area contributed by atoms with Gasteiger partial charge in [-0.1, -0.05) is 30.8 Å². The highest BCUT2D eigenvalue weighted by molar-refractivity contribution is 8.00. The molecular weight excluding hydrogens is 344 g/mol. The summed E-state index contributed by atoms with van der Waals surface area (Å²) in [6.45, 7) is 1.86. The molecule has 0 radical (unpaired) electrons. The van der Waals surface area contributed by atoms with Crippen molar-refractivity contribution in [1.82, 2.24) is 9.97 Å². The fourth-order valence-corrected chi connectivity index (χ4v) is 4.31. The molecule has 2 heterocycles. The third-order valence-corrected chi connectivity index (χ3v) is 5.88. The number of fused-ring (bicyclic) bond motifs is 1. The molecule has 24 heavy (non-hydrogen) atoms. The summed E-state index contributed by atoms with van der Waals surface area (Å²) in [4.78, 5) is 20.9. The largest absolute Gasteiger partial charge is 0.497 e. The highest BCUT2D eigenvalue weighted by Crippen LogP contribution is 2.39. The molecule has 124 valence electrons. The van der Waals surface area contributed by atoms with Gasteiger partial charge in [0.1, 0.15) is 27.2 Å². The van der Waals surface area contributed by atoms with Crippen molar-refractivity contribution in [1.29, 1.82) is 0 Å². The third-order valence-electron chi connectivity index (χ3n) is 3.64. The van der Waals surface area contributed by atoms with Crippen LogP contribution >= 0.6 is 23.1 Å². The van der Waals surface area contributed by atoms with Gasteiger partial charge in [-0.2, -0.15) is 0 Å². The molecule has 1 atom stereocenters. The third kappa shape index (κ3) is 3.22. The van der Waals surface area contributed by atoms with Crippen LogP contribution in [-0.4, -0.2) is 33.4 Å². The number of nitrogens with zero attached hydrogens (tertiary/aromatic N) is 2. The molecule has 3 rings (SSSR count). The first-order valence-electron chi connectivity index (χ1n) is 7.40. The van der Waals surface area contributed by atoms with Gasteiger partial charge >= 0.3 is 5.97 Å². The first-order valence-corrected chi connectivity index (χ1v) is 9.16. The van der Waals surface area contributed by atoms with Crippen LogP contribution in [0.1, 0.15) is 13.3 Å². The maximum absolute atomic E-state index is 11.4. The summed E-state index contributed by atoms with van der Waals surface area (Å²) in [5, 5.41) is 12.5. The van der Waals surface area contributed by atoms with Crippen LogP contribution in [0.15, 0.2) is 41.0 Å². The lowest BCUT2D eigenvalue weighted by Gasteiger charge is -2.10. The van der Waals surface area contributed by atoms with E-state index in [4.69, 9.17) is 4.74 Å². The fourth-order valence-electron chi connectivity index (χ4n) is 2.36. The van der Waals surface area contributed by atoms with E-state index in [9.17, 15) is 9.90 Å². The van der Waals surface area contributed by atoms with E-state index in [1.165, 1.54) is 29.4 Å². The van der Waals surface area contributed by atoms with Gasteiger partial charge in [-0.25, -0.2) is 9.97 Å². The van der Waals surface area contributed by atoms with E-state index in [0.29, 0.717) is 11.4 Å². The van der Waals surface area contributed by atoms with Gasteiger partial charge in [0.15, 0.2) is 0 Å². The Balaban J connectivity index is 2.07. The second kappa shape index (κ2) is 7.19. The van der Waals surface area contributed by atoms with Crippen LogP contribution in [0.3, 0.4) is 0 Å². The summed E-state index contributed by atoms with van der Waals surface area (Å²) in [7, 11) is 1.63. The van der Waals surface area contributed by atoms with Crippen molar-refractivity contribution in [3.05, 3.63) is 36.0 Å². The molecule has 0 aliphatic rings. The van der Waals surface area contributed by atoms with Crippen molar-refractivity contribution in [3.8, 4) is 16.9 Å². The van der Waals surface area contributed by atoms with Gasteiger partial charge in [0.05, 0.1) is 12.5 Å². The number of ether oxygens (including phenoxy) is 1. The van der Waals surface area contributed by atoms with Gasteiger partial charge in [-0.3, -0.25) is 4.79 Å². The molecule has 0 unspecified atom stereocenters. The van der Waals surface area contributed by atoms with Crippen LogP contribution in [0, 0.1) is 0 Å². The molecule has 0 aliphatic heterocycles. The number of carbonyl (C=O) groups is 1. The molecule has 5 nitrogen and oxygen atoms in total. The van der Waals surface area contributed by atoms with Crippen molar-refractivity contribution < 1.29 is 14.6 Å². The van der Waals surface area contributed by atoms with Gasteiger partial charge in [-0.15, -0.1) is 11.3 Å². The second-order valence-electron chi connectivity index (χ2n) is 5.09. The Hall–Kier alpha value is -2.12. The number of benzene rings is 1. The summed E-state index contributed by atoms with van der Waals surface area (Å²) in [5.74, 6) is -0.0310. The van der Waals surface area contributed by atoms with Gasteiger partial charge in [-0.05, 0) is 24.1 Å². The van der Waals surface area contributed by atoms with Gasteiger partial charge in [0, 0.05) is 10.9 Å². The van der Waals surface area contributed by atoms with Crippen molar-refractivity contribution in [2.24, 2.45) is 0 Å². The summed E-state index contributed by atoms with van der Waals surface area (Å²) in [5.41, 5.74) is 2.04. The number of thiophene rings is 1. The van der Waals surface area contributed by atoms with Crippen LogP contribution in [0.25, 0.3) is 21.3 Å². The lowest BCUT2D eigenvalue weighted by molar-refractivity contribution is -0.136. The SMILES string of the molecule is CC[C@@H](Sc1ncnc2scc(-c3ccc(OC)cc3)c12)C(=O)O. The number of methoxy groups -OCH3 is 1. The predicted molar refractivity (Wildman–Crippen MR) is 97.0 cm³/mol. The second-order valence-corrected chi connectivity index (χ2v) is 7.14. The molecule has 0 fully saturated rings. The Labute approximate surface area is 147 Å². The van der Waals surface area contributed by atoms with Crippen LogP contribution < -0.4 is 4.74 Å². The normalized spacial score (nSPS) is 12.2. The molecule has 0 spiro atoms. The van der Waals surface area contributed by atoms with Gasteiger partial charge in [0.2, 0.25) is 0 Å². The predicted octanol–water partition coefficient (Wildman–Crippen LogP) is 4.32. The lowest BCUT2D eigenvalue weighted by atomic mass is 10.1. The molecule has 0 saturated carbocycles. The maximum atomic E-state index is 11.4. The highest BCUT2D eigenvalue weighted by Gasteiger charge is 2.21. The standard InChI is InChI=1S/C17H16N2O3S2/c1-3-13(17(20)21)24-16-14-12(8-23-15(14)18-9-19-16)10-4-6-11(22-2)7-5-10/h4-9,13H,3H2,1-2H3,(H,20,21)/t13-/m1/s1. The zero-order chi connectivity index (χ0) is 17.1. The molecule has 1 aromatic carbocycles. The summed E-state index contributed by atoms with van der Waals surface area (Å²) < 4.78 is 5.20. The van der Waals surface area contributed by atoms with Crippen molar-refractivity contribution in [2.75, 3.05) is 7.11 Å². The monoisotopic (exact) mass is 360 g/mol. The zero-order valence-corrected chi connectivity index (χ0v) is 14.9. The first-order chi connectivity index (χ1) is 11.6. The minimum Gasteiger partial charge on any atom is -0.497 e. The fraction of sp³-hybridized carbons (Fsp3) is 0.235. The number of carboxylic acid groups (broad SMARTS) is 1. The zero-order valence-electron chi connectivity index (χ0n) is 13.2. The first kappa shape index (κ1) is 16.7. The Morgan fingerprint density at radius 2 is 2.08 bits per heavy atom. The van der Waals surface area contributed by atoms with E-state index in [2.05, 4.69) is 9.97 Å². The van der Waals surface area contributed by atoms with Crippen molar-refractivity contribution >= 4 is 39.3 Å². The summed E-state index contributed by atoms with van der Waals surface area (Å²) in [6.07, 6.45) is 2.03. The Morgan fingerprint density at radius 3 is 2.71 bits per heavy atom. The number of carboxylic acids is 1. The van der Waals surface area contributed by atoms with Crippen LogP contribution in [0.2, 0.25) is 0 Å². The van der Waals surface area contributed by atoms with Crippen LogP contribution in [0.5, 0.6) is 5.75 Å². The lowest BCUT2D eigenvalue weighted by Crippen LogP contribution is -2.15. The number of aliphatic carboxylic acids is 1. The molecule has 0 saturated heterocycles. The highest BCUT2D eigenvalue weighted by atomic mass is 32.2. The van der Waals surface area contributed by atoms with E-state index in [1.54, 1.807) is 7.11 Å². The van der Waals surface area contributed by atoms with Crippen LogP contribution in [0.4, 0.5) is 0 Å². The molecular formula is C17H16N2O3S2. The Bertz CT molecular complexity index is 862.